The molecule has 1 saturated heterocycles. The maximum Gasteiger partial charge on any atom is 0.222 e. The molecule has 3 aromatic rings. The highest BCUT2D eigenvalue weighted by Gasteiger charge is 2.27. The largest absolute Gasteiger partial charge is 0.342 e. The van der Waals surface area contributed by atoms with Crippen LogP contribution in [0.4, 0.5) is 0 Å². The van der Waals surface area contributed by atoms with Crippen LogP contribution in [-0.2, 0) is 24.8 Å². The van der Waals surface area contributed by atoms with E-state index in [1.54, 1.807) is 4.68 Å². The third-order valence-corrected chi connectivity index (χ3v) is 5.38. The SMILES string of the molecule is Cn1cc(CCC(=O)N2CCC[C@H](c3nccn3Cc3ccncc3)C2)cn1. The monoisotopic (exact) mass is 378 g/mol. The number of rotatable bonds is 6. The van der Waals surface area contributed by atoms with Crippen molar-refractivity contribution in [3.05, 3.63) is 66.3 Å². The lowest BCUT2D eigenvalue weighted by Crippen LogP contribution is -2.39. The molecule has 7 heteroatoms. The van der Waals surface area contributed by atoms with Gasteiger partial charge in [0.2, 0.25) is 5.91 Å². The van der Waals surface area contributed by atoms with Crippen LogP contribution in [0.3, 0.4) is 0 Å². The molecule has 1 atom stereocenters. The predicted molar refractivity (Wildman–Crippen MR) is 106 cm³/mol. The quantitative estimate of drug-likeness (QED) is 0.660. The smallest absolute Gasteiger partial charge is 0.222 e. The Morgan fingerprint density at radius 3 is 2.86 bits per heavy atom. The van der Waals surface area contributed by atoms with Crippen molar-refractivity contribution in [2.24, 2.45) is 7.05 Å². The Morgan fingerprint density at radius 2 is 2.07 bits per heavy atom. The van der Waals surface area contributed by atoms with Crippen LogP contribution in [0.15, 0.2) is 49.3 Å². The summed E-state index contributed by atoms with van der Waals surface area (Å²) in [5.74, 6) is 1.58. The Bertz CT molecular complexity index is 916. The van der Waals surface area contributed by atoms with E-state index in [1.807, 2.05) is 61.3 Å². The first-order chi connectivity index (χ1) is 13.7. The van der Waals surface area contributed by atoms with E-state index in [0.717, 1.165) is 50.3 Å². The van der Waals surface area contributed by atoms with Crippen molar-refractivity contribution in [3.63, 3.8) is 0 Å². The zero-order valence-electron chi connectivity index (χ0n) is 16.2. The topological polar surface area (TPSA) is 68.8 Å². The molecule has 4 heterocycles. The van der Waals surface area contributed by atoms with E-state index in [2.05, 4.69) is 19.6 Å². The second-order valence-corrected chi connectivity index (χ2v) is 7.47. The molecule has 1 fully saturated rings. The Hall–Kier alpha value is -2.96. The van der Waals surface area contributed by atoms with Crippen LogP contribution in [0.2, 0.25) is 0 Å². The van der Waals surface area contributed by atoms with Gasteiger partial charge in [0.1, 0.15) is 5.82 Å². The minimum atomic E-state index is 0.223. The van der Waals surface area contributed by atoms with Crippen molar-refractivity contribution in [2.45, 2.75) is 38.1 Å². The molecule has 0 spiro atoms. The summed E-state index contributed by atoms with van der Waals surface area (Å²) in [6.07, 6.45) is 14.7. The summed E-state index contributed by atoms with van der Waals surface area (Å²) in [6, 6.07) is 4.05. The first kappa shape index (κ1) is 18.4. The van der Waals surface area contributed by atoms with Crippen LogP contribution in [-0.4, -0.2) is 48.2 Å². The Kier molecular flexibility index (Phi) is 5.50. The molecular weight excluding hydrogens is 352 g/mol. The lowest BCUT2D eigenvalue weighted by molar-refractivity contribution is -0.132. The van der Waals surface area contributed by atoms with Gasteiger partial charge in [-0.2, -0.15) is 5.10 Å². The number of imidazole rings is 1. The Morgan fingerprint density at radius 1 is 1.21 bits per heavy atom. The fourth-order valence-electron chi connectivity index (χ4n) is 3.92. The summed E-state index contributed by atoms with van der Waals surface area (Å²) in [5, 5.41) is 4.17. The Labute approximate surface area is 165 Å². The summed E-state index contributed by atoms with van der Waals surface area (Å²) < 4.78 is 3.98. The molecule has 3 aromatic heterocycles. The first-order valence-corrected chi connectivity index (χ1v) is 9.84. The van der Waals surface area contributed by atoms with Crippen LogP contribution in [0, 0.1) is 0 Å². The number of carbonyl (C=O) groups is 1. The van der Waals surface area contributed by atoms with Gasteiger partial charge < -0.3 is 9.47 Å². The molecule has 0 radical (unpaired) electrons. The van der Waals surface area contributed by atoms with Gasteiger partial charge in [0.25, 0.3) is 0 Å². The molecule has 1 amide bonds. The van der Waals surface area contributed by atoms with Crippen LogP contribution in [0.5, 0.6) is 0 Å². The molecule has 1 aliphatic rings. The summed E-state index contributed by atoms with van der Waals surface area (Å²) >= 11 is 0. The minimum absolute atomic E-state index is 0.223. The number of nitrogens with zero attached hydrogens (tertiary/aromatic N) is 6. The third-order valence-electron chi connectivity index (χ3n) is 5.38. The maximum absolute atomic E-state index is 12.7. The molecule has 0 N–H and O–H groups in total. The minimum Gasteiger partial charge on any atom is -0.342 e. The number of aryl methyl sites for hydroxylation is 2. The van der Waals surface area contributed by atoms with Crippen LogP contribution in [0.1, 0.15) is 42.1 Å². The molecule has 7 nitrogen and oxygen atoms in total. The fraction of sp³-hybridized carbons (Fsp3) is 0.429. The number of amides is 1. The average Bonchev–Trinajstić information content (AvgIpc) is 3.36. The van der Waals surface area contributed by atoms with Crippen LogP contribution >= 0.6 is 0 Å². The number of hydrogen-bond donors (Lipinski definition) is 0. The summed E-state index contributed by atoms with van der Waals surface area (Å²) in [7, 11) is 1.90. The van der Waals surface area contributed by atoms with Gasteiger partial charge in [-0.15, -0.1) is 0 Å². The summed E-state index contributed by atoms with van der Waals surface area (Å²) in [5.41, 5.74) is 2.31. The maximum atomic E-state index is 12.7. The molecule has 28 heavy (non-hydrogen) atoms. The van der Waals surface area contributed by atoms with Crippen molar-refractivity contribution < 1.29 is 4.79 Å². The molecule has 0 saturated carbocycles. The second-order valence-electron chi connectivity index (χ2n) is 7.47. The normalized spacial score (nSPS) is 17.0. The van der Waals surface area contributed by atoms with Gasteiger partial charge in [0, 0.05) is 70.0 Å². The highest BCUT2D eigenvalue weighted by atomic mass is 16.2. The molecule has 0 unspecified atom stereocenters. The number of likely N-dealkylation sites (tertiary alicyclic amines) is 1. The van der Waals surface area contributed by atoms with Crippen molar-refractivity contribution >= 4 is 5.91 Å². The van der Waals surface area contributed by atoms with E-state index in [9.17, 15) is 4.79 Å². The molecule has 0 bridgehead atoms. The average molecular weight is 378 g/mol. The van der Waals surface area contributed by atoms with Crippen LogP contribution < -0.4 is 0 Å². The predicted octanol–water partition coefficient (Wildman–Crippen LogP) is 2.40. The number of carbonyl (C=O) groups excluding carboxylic acids is 1. The number of piperidine rings is 1. The summed E-state index contributed by atoms with van der Waals surface area (Å²) in [4.78, 5) is 23.5. The zero-order chi connectivity index (χ0) is 19.3. The lowest BCUT2D eigenvalue weighted by Gasteiger charge is -2.33. The van der Waals surface area contributed by atoms with E-state index in [4.69, 9.17) is 0 Å². The molecule has 146 valence electrons. The van der Waals surface area contributed by atoms with Gasteiger partial charge >= 0.3 is 0 Å². The van der Waals surface area contributed by atoms with Gasteiger partial charge in [-0.25, -0.2) is 4.98 Å². The van der Waals surface area contributed by atoms with Gasteiger partial charge in [-0.05, 0) is 42.5 Å². The lowest BCUT2D eigenvalue weighted by atomic mass is 9.96. The van der Waals surface area contributed by atoms with E-state index in [-0.39, 0.29) is 11.8 Å². The van der Waals surface area contributed by atoms with Gasteiger partial charge in [0.15, 0.2) is 0 Å². The molecule has 1 aliphatic heterocycles. The van der Waals surface area contributed by atoms with Crippen molar-refractivity contribution in [2.75, 3.05) is 13.1 Å². The first-order valence-electron chi connectivity index (χ1n) is 9.84. The molecule has 0 aliphatic carbocycles. The van der Waals surface area contributed by atoms with Crippen LogP contribution in [0.25, 0.3) is 0 Å². The molecular formula is C21H26N6O. The van der Waals surface area contributed by atoms with E-state index < -0.39 is 0 Å². The van der Waals surface area contributed by atoms with E-state index >= 15 is 0 Å². The van der Waals surface area contributed by atoms with Crippen molar-refractivity contribution in [1.29, 1.82) is 0 Å². The van der Waals surface area contributed by atoms with Crippen molar-refractivity contribution in [1.82, 2.24) is 29.2 Å². The van der Waals surface area contributed by atoms with Gasteiger partial charge in [0.05, 0.1) is 6.20 Å². The zero-order valence-corrected chi connectivity index (χ0v) is 16.2. The van der Waals surface area contributed by atoms with E-state index in [1.165, 1.54) is 5.56 Å². The molecule has 4 rings (SSSR count). The number of pyridine rings is 1. The number of aromatic nitrogens is 5. The number of hydrogen-bond acceptors (Lipinski definition) is 4. The highest BCUT2D eigenvalue weighted by Crippen LogP contribution is 2.27. The van der Waals surface area contributed by atoms with Gasteiger partial charge in [-0.3, -0.25) is 14.5 Å². The highest BCUT2D eigenvalue weighted by molar-refractivity contribution is 5.76. The third kappa shape index (κ3) is 4.30. The standard InChI is InChI=1S/C21H26N6O/c1-25-14-18(13-24-25)4-5-20(28)26-11-2-3-19(16-26)21-23-10-12-27(21)15-17-6-8-22-9-7-17/h6-10,12-14,19H,2-5,11,15-16H2,1H3/t19-/m0/s1. The fourth-order valence-corrected chi connectivity index (χ4v) is 3.92. The van der Waals surface area contributed by atoms with Crippen molar-refractivity contribution in [3.8, 4) is 0 Å². The summed E-state index contributed by atoms with van der Waals surface area (Å²) in [6.45, 7) is 2.37. The molecule has 0 aromatic carbocycles. The Balaban J connectivity index is 1.38. The second kappa shape index (κ2) is 8.37. The van der Waals surface area contributed by atoms with Gasteiger partial charge in [-0.1, -0.05) is 0 Å². The van der Waals surface area contributed by atoms with E-state index in [0.29, 0.717) is 6.42 Å².